The molecule has 0 saturated heterocycles. The van der Waals surface area contributed by atoms with E-state index in [9.17, 15) is 22.4 Å². The molecule has 0 aromatic heterocycles. The van der Waals surface area contributed by atoms with Crippen molar-refractivity contribution in [3.8, 4) is 0 Å². The maximum Gasteiger partial charge on any atom is 0.264 e. The summed E-state index contributed by atoms with van der Waals surface area (Å²) in [5, 5.41) is 2.84. The van der Waals surface area contributed by atoms with Crippen molar-refractivity contribution in [2.75, 3.05) is 17.4 Å². The monoisotopic (exact) mass is 539 g/mol. The molecule has 0 aliphatic carbocycles. The smallest absolute Gasteiger partial charge is 0.264 e. The predicted molar refractivity (Wildman–Crippen MR) is 146 cm³/mol. The summed E-state index contributed by atoms with van der Waals surface area (Å²) in [6, 6.07) is 19.5. The second-order valence-corrected chi connectivity index (χ2v) is 11.5. The van der Waals surface area contributed by atoms with Gasteiger partial charge in [-0.15, -0.1) is 0 Å². The SMILES string of the molecule is Cc1ccc(CN(C(=O)CN(c2ccccc2F)S(=O)(=O)c2ccccc2)[C@@H](C)C(=O)NCC(C)C)cc1. The lowest BCUT2D eigenvalue weighted by atomic mass is 10.1. The number of rotatable bonds is 11. The van der Waals surface area contributed by atoms with Gasteiger partial charge in [-0.05, 0) is 49.6 Å². The summed E-state index contributed by atoms with van der Waals surface area (Å²) in [6.45, 7) is 7.27. The number of halogens is 1. The van der Waals surface area contributed by atoms with Crippen LogP contribution < -0.4 is 9.62 Å². The molecular weight excluding hydrogens is 505 g/mol. The van der Waals surface area contributed by atoms with Crippen molar-refractivity contribution in [2.24, 2.45) is 5.92 Å². The highest BCUT2D eigenvalue weighted by Crippen LogP contribution is 2.26. The third kappa shape index (κ3) is 7.19. The van der Waals surface area contributed by atoms with Crippen LogP contribution in [0.5, 0.6) is 0 Å². The lowest BCUT2D eigenvalue weighted by Crippen LogP contribution is -2.51. The molecule has 7 nitrogen and oxygen atoms in total. The first kappa shape index (κ1) is 28.8. The molecule has 0 heterocycles. The Kier molecular flexibility index (Phi) is 9.63. The van der Waals surface area contributed by atoms with Gasteiger partial charge in [-0.3, -0.25) is 13.9 Å². The molecule has 2 amide bonds. The molecule has 0 bridgehead atoms. The summed E-state index contributed by atoms with van der Waals surface area (Å²) in [7, 11) is -4.31. The van der Waals surface area contributed by atoms with Crippen LogP contribution in [0.4, 0.5) is 10.1 Å². The summed E-state index contributed by atoms with van der Waals surface area (Å²) in [4.78, 5) is 28.0. The van der Waals surface area contributed by atoms with Gasteiger partial charge in [-0.1, -0.05) is 74.0 Å². The number of hydrogen-bond donors (Lipinski definition) is 1. The molecule has 0 aliphatic rings. The molecule has 0 radical (unpaired) electrons. The Bertz CT molecular complexity index is 1350. The Morgan fingerprint density at radius 3 is 2.11 bits per heavy atom. The number of amides is 2. The Morgan fingerprint density at radius 1 is 0.895 bits per heavy atom. The van der Waals surface area contributed by atoms with E-state index < -0.39 is 34.3 Å². The Morgan fingerprint density at radius 2 is 1.50 bits per heavy atom. The lowest BCUT2D eigenvalue weighted by Gasteiger charge is -2.32. The van der Waals surface area contributed by atoms with Crippen molar-refractivity contribution in [1.29, 1.82) is 0 Å². The molecule has 0 saturated carbocycles. The van der Waals surface area contributed by atoms with Crippen LogP contribution in [0.25, 0.3) is 0 Å². The average Bonchev–Trinajstić information content (AvgIpc) is 2.90. The Balaban J connectivity index is 2.00. The number of carbonyl (C=O) groups is 2. The number of aryl methyl sites for hydroxylation is 1. The number of benzene rings is 3. The zero-order valence-corrected chi connectivity index (χ0v) is 22.9. The van der Waals surface area contributed by atoms with Gasteiger partial charge in [0, 0.05) is 13.1 Å². The number of nitrogens with zero attached hydrogens (tertiary/aromatic N) is 2. The summed E-state index contributed by atoms with van der Waals surface area (Å²) in [6.07, 6.45) is 0. The maximum absolute atomic E-state index is 14.9. The number of nitrogens with one attached hydrogen (secondary N) is 1. The van der Waals surface area contributed by atoms with Crippen LogP contribution in [0.15, 0.2) is 83.8 Å². The number of anilines is 1. The highest BCUT2D eigenvalue weighted by Gasteiger charge is 2.33. The van der Waals surface area contributed by atoms with Crippen molar-refractivity contribution in [2.45, 2.75) is 45.2 Å². The van der Waals surface area contributed by atoms with E-state index in [0.717, 1.165) is 21.5 Å². The third-order valence-electron chi connectivity index (χ3n) is 6.06. The van der Waals surface area contributed by atoms with Gasteiger partial charge >= 0.3 is 0 Å². The van der Waals surface area contributed by atoms with Crippen LogP contribution in [0, 0.1) is 18.7 Å². The van der Waals surface area contributed by atoms with Crippen LogP contribution in [-0.4, -0.2) is 44.3 Å². The molecule has 1 N–H and O–H groups in total. The van der Waals surface area contributed by atoms with Crippen molar-refractivity contribution in [3.63, 3.8) is 0 Å². The largest absolute Gasteiger partial charge is 0.354 e. The third-order valence-corrected chi connectivity index (χ3v) is 7.83. The number of para-hydroxylation sites is 1. The van der Waals surface area contributed by atoms with E-state index in [-0.39, 0.29) is 29.0 Å². The molecule has 202 valence electrons. The van der Waals surface area contributed by atoms with Gasteiger partial charge in [0.25, 0.3) is 10.0 Å². The quantitative estimate of drug-likeness (QED) is 0.388. The molecule has 0 spiro atoms. The van der Waals surface area contributed by atoms with Gasteiger partial charge in [-0.25, -0.2) is 12.8 Å². The van der Waals surface area contributed by atoms with Crippen molar-refractivity contribution in [3.05, 3.63) is 95.8 Å². The summed E-state index contributed by atoms with van der Waals surface area (Å²) in [5.41, 5.74) is 1.56. The second-order valence-electron chi connectivity index (χ2n) is 9.60. The number of sulfonamides is 1. The Hall–Kier alpha value is -3.72. The Labute approximate surface area is 224 Å². The first-order valence-corrected chi connectivity index (χ1v) is 13.9. The summed E-state index contributed by atoms with van der Waals surface area (Å²) in [5.74, 6) is -1.57. The fourth-order valence-corrected chi connectivity index (χ4v) is 5.26. The molecule has 1 atom stereocenters. The molecule has 0 fully saturated rings. The van der Waals surface area contributed by atoms with Gasteiger partial charge in [0.1, 0.15) is 18.4 Å². The molecule has 9 heteroatoms. The molecule has 0 aliphatic heterocycles. The molecule has 3 aromatic carbocycles. The first-order valence-electron chi connectivity index (χ1n) is 12.5. The minimum Gasteiger partial charge on any atom is -0.354 e. The van der Waals surface area contributed by atoms with Crippen LogP contribution in [0.1, 0.15) is 31.9 Å². The van der Waals surface area contributed by atoms with Crippen LogP contribution in [0.3, 0.4) is 0 Å². The van der Waals surface area contributed by atoms with Gasteiger partial charge in [-0.2, -0.15) is 0 Å². The summed E-state index contributed by atoms with van der Waals surface area (Å²) < 4.78 is 42.9. The molecule has 0 unspecified atom stereocenters. The van der Waals surface area contributed by atoms with E-state index in [0.29, 0.717) is 6.54 Å². The van der Waals surface area contributed by atoms with Gasteiger partial charge in [0.05, 0.1) is 10.6 Å². The average molecular weight is 540 g/mol. The number of carbonyl (C=O) groups excluding carboxylic acids is 2. The first-order chi connectivity index (χ1) is 18.0. The van der Waals surface area contributed by atoms with E-state index in [4.69, 9.17) is 0 Å². The highest BCUT2D eigenvalue weighted by atomic mass is 32.2. The van der Waals surface area contributed by atoms with E-state index in [1.54, 1.807) is 25.1 Å². The topological polar surface area (TPSA) is 86.8 Å². The second kappa shape index (κ2) is 12.7. The zero-order chi connectivity index (χ0) is 27.9. The minimum absolute atomic E-state index is 0.0753. The standard InChI is InChI=1S/C29H34FN3O4S/c1-21(2)18-31-29(35)23(4)32(19-24-16-14-22(3)15-17-24)28(34)20-33(27-13-9-8-12-26(27)30)38(36,37)25-10-6-5-7-11-25/h5-17,21,23H,18-20H2,1-4H3,(H,31,35)/t23-/m0/s1. The van der Waals surface area contributed by atoms with Gasteiger partial charge in [0.15, 0.2) is 0 Å². The van der Waals surface area contributed by atoms with Crippen LogP contribution in [-0.2, 0) is 26.2 Å². The van der Waals surface area contributed by atoms with Crippen molar-refractivity contribution < 1.29 is 22.4 Å². The normalized spacial score (nSPS) is 12.2. The molecule has 38 heavy (non-hydrogen) atoms. The predicted octanol–water partition coefficient (Wildman–Crippen LogP) is 4.52. The molecule has 3 aromatic rings. The minimum atomic E-state index is -4.31. The van der Waals surface area contributed by atoms with Gasteiger partial charge in [0.2, 0.25) is 11.8 Å². The molecule has 3 rings (SSSR count). The summed E-state index contributed by atoms with van der Waals surface area (Å²) >= 11 is 0. The van der Waals surface area contributed by atoms with E-state index >= 15 is 0 Å². The van der Waals surface area contributed by atoms with E-state index in [1.165, 1.54) is 35.2 Å². The fourth-order valence-electron chi connectivity index (χ4n) is 3.81. The van der Waals surface area contributed by atoms with Crippen LogP contribution >= 0.6 is 0 Å². The lowest BCUT2D eigenvalue weighted by molar-refractivity contribution is -0.139. The maximum atomic E-state index is 14.9. The van der Waals surface area contributed by atoms with E-state index in [2.05, 4.69) is 5.32 Å². The van der Waals surface area contributed by atoms with Gasteiger partial charge < -0.3 is 10.2 Å². The van der Waals surface area contributed by atoms with E-state index in [1.807, 2.05) is 45.0 Å². The fraction of sp³-hybridized carbons (Fsp3) is 0.310. The number of hydrogen-bond acceptors (Lipinski definition) is 4. The van der Waals surface area contributed by atoms with Crippen LogP contribution in [0.2, 0.25) is 0 Å². The van der Waals surface area contributed by atoms with Crippen molar-refractivity contribution in [1.82, 2.24) is 10.2 Å². The van der Waals surface area contributed by atoms with Crippen molar-refractivity contribution >= 4 is 27.5 Å². The zero-order valence-electron chi connectivity index (χ0n) is 22.1. The highest BCUT2D eigenvalue weighted by molar-refractivity contribution is 7.92. The molecular formula is C29H34FN3O4S.